The first-order chi connectivity index (χ1) is 9.19. The van der Waals surface area contributed by atoms with Gasteiger partial charge >= 0.3 is 0 Å². The van der Waals surface area contributed by atoms with E-state index in [2.05, 4.69) is 10.3 Å². The molecule has 0 radical (unpaired) electrons. The Morgan fingerprint density at radius 2 is 2.00 bits per heavy atom. The fourth-order valence-electron chi connectivity index (χ4n) is 1.61. The molecule has 0 fully saturated rings. The van der Waals surface area contributed by atoms with Gasteiger partial charge in [-0.15, -0.1) is 0 Å². The van der Waals surface area contributed by atoms with Gasteiger partial charge in [0.25, 0.3) is 5.91 Å². The van der Waals surface area contributed by atoms with Gasteiger partial charge in [0, 0.05) is 12.6 Å². The van der Waals surface area contributed by atoms with Gasteiger partial charge < -0.3 is 15.8 Å². The maximum atomic E-state index is 11.0. The van der Waals surface area contributed by atoms with Crippen LogP contribution in [0.15, 0.2) is 42.5 Å². The van der Waals surface area contributed by atoms with E-state index in [4.69, 9.17) is 10.5 Å². The molecule has 0 spiro atoms. The maximum Gasteiger partial charge on any atom is 0.267 e. The summed E-state index contributed by atoms with van der Waals surface area (Å²) in [5.74, 6) is 0.432. The number of aromatic nitrogens is 1. The third-order valence-electron chi connectivity index (χ3n) is 2.50. The van der Waals surface area contributed by atoms with Crippen LogP contribution in [0.5, 0.6) is 11.6 Å². The number of primary amides is 1. The van der Waals surface area contributed by atoms with E-state index in [1.165, 1.54) is 0 Å². The van der Waals surface area contributed by atoms with Crippen molar-refractivity contribution in [2.45, 2.75) is 6.54 Å². The highest BCUT2D eigenvalue weighted by Crippen LogP contribution is 2.19. The third-order valence-corrected chi connectivity index (χ3v) is 2.50. The van der Waals surface area contributed by atoms with Crippen LogP contribution in [0.4, 0.5) is 0 Å². The molecule has 0 aliphatic carbocycles. The van der Waals surface area contributed by atoms with E-state index < -0.39 is 5.91 Å². The van der Waals surface area contributed by atoms with Gasteiger partial charge in [-0.05, 0) is 30.8 Å². The summed E-state index contributed by atoms with van der Waals surface area (Å²) in [6.07, 6.45) is 0. The summed E-state index contributed by atoms with van der Waals surface area (Å²) < 4.78 is 5.56. The summed E-state index contributed by atoms with van der Waals surface area (Å²) >= 11 is 0. The quantitative estimate of drug-likeness (QED) is 0.854. The van der Waals surface area contributed by atoms with Crippen molar-refractivity contribution in [2.24, 2.45) is 5.73 Å². The Morgan fingerprint density at radius 3 is 2.63 bits per heavy atom. The van der Waals surface area contributed by atoms with Crippen molar-refractivity contribution in [3.63, 3.8) is 0 Å². The molecule has 1 heterocycles. The Morgan fingerprint density at radius 1 is 1.26 bits per heavy atom. The molecule has 19 heavy (non-hydrogen) atoms. The number of rotatable bonds is 5. The lowest BCUT2D eigenvalue weighted by Gasteiger charge is -2.06. The predicted molar refractivity (Wildman–Crippen MR) is 72.0 cm³/mol. The van der Waals surface area contributed by atoms with Gasteiger partial charge in [-0.1, -0.05) is 18.2 Å². The number of carbonyl (C=O) groups is 1. The second-order valence-corrected chi connectivity index (χ2v) is 4.00. The monoisotopic (exact) mass is 257 g/mol. The van der Waals surface area contributed by atoms with Gasteiger partial charge in [-0.25, -0.2) is 4.98 Å². The number of nitrogens with zero attached hydrogens (tertiary/aromatic N) is 1. The molecule has 1 aromatic heterocycles. The molecule has 0 aliphatic rings. The molecule has 2 aromatic rings. The van der Waals surface area contributed by atoms with E-state index >= 15 is 0 Å². The topological polar surface area (TPSA) is 77.2 Å². The first-order valence-corrected chi connectivity index (χ1v) is 5.87. The molecule has 0 aliphatic heterocycles. The van der Waals surface area contributed by atoms with E-state index in [0.29, 0.717) is 11.6 Å². The van der Waals surface area contributed by atoms with Crippen LogP contribution in [-0.4, -0.2) is 17.9 Å². The van der Waals surface area contributed by atoms with Crippen LogP contribution in [0, 0.1) is 0 Å². The van der Waals surface area contributed by atoms with Crippen molar-refractivity contribution in [3.05, 3.63) is 53.7 Å². The van der Waals surface area contributed by atoms with Gasteiger partial charge in [0.1, 0.15) is 11.4 Å². The summed E-state index contributed by atoms with van der Waals surface area (Å²) in [6, 6.07) is 12.5. The summed E-state index contributed by atoms with van der Waals surface area (Å²) in [5, 5.41) is 3.07. The number of benzene rings is 1. The largest absolute Gasteiger partial charge is 0.439 e. The molecule has 0 unspecified atom stereocenters. The minimum Gasteiger partial charge on any atom is -0.439 e. The minimum absolute atomic E-state index is 0.185. The summed E-state index contributed by atoms with van der Waals surface area (Å²) in [7, 11) is 1.89. The number of amides is 1. The molecule has 0 saturated heterocycles. The number of carbonyl (C=O) groups excluding carboxylic acids is 1. The maximum absolute atomic E-state index is 11.0. The zero-order valence-corrected chi connectivity index (χ0v) is 10.6. The highest BCUT2D eigenvalue weighted by molar-refractivity contribution is 5.90. The van der Waals surface area contributed by atoms with Crippen molar-refractivity contribution < 1.29 is 9.53 Å². The molecule has 5 nitrogen and oxygen atoms in total. The predicted octanol–water partition coefficient (Wildman–Crippen LogP) is 1.69. The molecule has 0 atom stereocenters. The van der Waals surface area contributed by atoms with E-state index in [-0.39, 0.29) is 5.69 Å². The zero-order chi connectivity index (χ0) is 13.7. The van der Waals surface area contributed by atoms with Crippen LogP contribution in [0.25, 0.3) is 0 Å². The van der Waals surface area contributed by atoms with E-state index in [1.54, 1.807) is 18.2 Å². The average molecular weight is 257 g/mol. The van der Waals surface area contributed by atoms with Crippen LogP contribution in [-0.2, 0) is 6.54 Å². The van der Waals surface area contributed by atoms with Crippen molar-refractivity contribution in [1.82, 2.24) is 10.3 Å². The second-order valence-electron chi connectivity index (χ2n) is 4.00. The summed E-state index contributed by atoms with van der Waals surface area (Å²) in [5.41, 5.74) is 6.51. The Kier molecular flexibility index (Phi) is 4.10. The smallest absolute Gasteiger partial charge is 0.267 e. The standard InChI is InChI=1S/C14H15N3O2/c1-16-9-10-5-7-11(8-6-10)19-13-4-2-3-12(17-13)14(15)18/h2-8,16H,9H2,1H3,(H2,15,18). The number of hydrogen-bond acceptors (Lipinski definition) is 4. The Labute approximate surface area is 111 Å². The van der Waals surface area contributed by atoms with Crippen LogP contribution in [0.2, 0.25) is 0 Å². The molecule has 2 rings (SSSR count). The first-order valence-electron chi connectivity index (χ1n) is 5.87. The summed E-state index contributed by atoms with van der Waals surface area (Å²) in [4.78, 5) is 15.0. The molecule has 1 aromatic carbocycles. The van der Waals surface area contributed by atoms with E-state index in [1.807, 2.05) is 31.3 Å². The van der Waals surface area contributed by atoms with Crippen LogP contribution in [0.1, 0.15) is 16.1 Å². The highest BCUT2D eigenvalue weighted by Gasteiger charge is 2.04. The van der Waals surface area contributed by atoms with E-state index in [9.17, 15) is 4.79 Å². The molecule has 5 heteroatoms. The zero-order valence-electron chi connectivity index (χ0n) is 10.6. The highest BCUT2D eigenvalue weighted by atomic mass is 16.5. The van der Waals surface area contributed by atoms with Crippen LogP contribution < -0.4 is 15.8 Å². The fraction of sp³-hybridized carbons (Fsp3) is 0.143. The number of nitrogens with one attached hydrogen (secondary N) is 1. The lowest BCUT2D eigenvalue weighted by molar-refractivity contribution is 0.0995. The SMILES string of the molecule is CNCc1ccc(Oc2cccc(C(N)=O)n2)cc1. The molecular formula is C14H15N3O2. The van der Waals surface area contributed by atoms with Gasteiger partial charge in [-0.3, -0.25) is 4.79 Å². The van der Waals surface area contributed by atoms with Crippen LogP contribution in [0.3, 0.4) is 0 Å². The Bertz CT molecular complexity index is 567. The average Bonchev–Trinajstić information content (AvgIpc) is 2.42. The van der Waals surface area contributed by atoms with Gasteiger partial charge in [0.15, 0.2) is 0 Å². The number of hydrogen-bond donors (Lipinski definition) is 2. The number of ether oxygens (including phenoxy) is 1. The first kappa shape index (κ1) is 13.0. The molecule has 98 valence electrons. The summed E-state index contributed by atoms with van der Waals surface area (Å²) in [6.45, 7) is 0.801. The second kappa shape index (κ2) is 5.97. The Hall–Kier alpha value is -2.40. The fourth-order valence-corrected chi connectivity index (χ4v) is 1.61. The Balaban J connectivity index is 2.12. The lowest BCUT2D eigenvalue weighted by Crippen LogP contribution is -2.12. The third kappa shape index (κ3) is 3.53. The van der Waals surface area contributed by atoms with Crippen molar-refractivity contribution in [1.29, 1.82) is 0 Å². The molecule has 0 bridgehead atoms. The van der Waals surface area contributed by atoms with E-state index in [0.717, 1.165) is 12.1 Å². The van der Waals surface area contributed by atoms with Gasteiger partial charge in [-0.2, -0.15) is 0 Å². The number of nitrogens with two attached hydrogens (primary N) is 1. The molecule has 3 N–H and O–H groups in total. The van der Waals surface area contributed by atoms with Crippen molar-refractivity contribution >= 4 is 5.91 Å². The normalized spacial score (nSPS) is 10.2. The van der Waals surface area contributed by atoms with Crippen LogP contribution >= 0.6 is 0 Å². The van der Waals surface area contributed by atoms with Crippen molar-refractivity contribution in [3.8, 4) is 11.6 Å². The molecule has 1 amide bonds. The lowest BCUT2D eigenvalue weighted by atomic mass is 10.2. The minimum atomic E-state index is -0.574. The van der Waals surface area contributed by atoms with Crippen molar-refractivity contribution in [2.75, 3.05) is 7.05 Å². The van der Waals surface area contributed by atoms with Gasteiger partial charge in [0.2, 0.25) is 5.88 Å². The van der Waals surface area contributed by atoms with Gasteiger partial charge in [0.05, 0.1) is 0 Å². The molecule has 0 saturated carbocycles. The number of pyridine rings is 1. The molecular weight excluding hydrogens is 242 g/mol.